The second-order valence-corrected chi connectivity index (χ2v) is 13.5. The molecule has 0 radical (unpaired) electrons. The smallest absolute Gasteiger partial charge is 0.0703 e. The first-order valence-corrected chi connectivity index (χ1v) is 18.5. The molecule has 1 aliphatic rings. The highest BCUT2D eigenvalue weighted by atomic mass is 15.3. The molecule has 0 aliphatic carbocycles. The van der Waals surface area contributed by atoms with E-state index in [2.05, 4.69) is 202 Å². The Kier molecular flexibility index (Phi) is 7.12. The van der Waals surface area contributed by atoms with Gasteiger partial charge in [0.05, 0.1) is 39.3 Å². The van der Waals surface area contributed by atoms with Crippen molar-refractivity contribution in [1.29, 1.82) is 0 Å². The molecule has 0 bridgehead atoms. The van der Waals surface area contributed by atoms with Gasteiger partial charge in [0.25, 0.3) is 0 Å². The second-order valence-electron chi connectivity index (χ2n) is 13.5. The summed E-state index contributed by atoms with van der Waals surface area (Å²) in [6.45, 7) is 6.19. The van der Waals surface area contributed by atoms with Gasteiger partial charge in [-0.05, 0) is 103 Å². The van der Waals surface area contributed by atoms with Crippen molar-refractivity contribution in [2.45, 2.75) is 20.8 Å². The first-order chi connectivity index (χ1) is 26.2. The highest BCUT2D eigenvalue weighted by molar-refractivity contribution is 6.29. The Morgan fingerprint density at radius 2 is 0.962 bits per heavy atom. The fourth-order valence-electron chi connectivity index (χ4n) is 8.53. The number of rotatable bonds is 4. The van der Waals surface area contributed by atoms with Crippen LogP contribution in [-0.4, -0.2) is 9.13 Å². The van der Waals surface area contributed by atoms with Crippen LogP contribution in [-0.2, 0) is 0 Å². The average molecular weight is 683 g/mol. The molecule has 10 aromatic rings. The number of aryl methyl sites for hydroxylation is 1. The standard InChI is InChI=1S/C47H32N4.C2H6/c1-31-12-5-6-16-38(31)48-29-28-33-30-44-46-37(47(33)48)27-22-32-13-11-21-43(45(32)46)51(44)36-25-23-35(24-26-36)50-41-19-9-7-17-39(41)49(34-14-3-2-4-15-34)40-18-8-10-20-42(40)50;1-2/h2-30H,1H3;1-2H3. The number of hydrogen-bond acceptors (Lipinski definition) is 2. The van der Waals surface area contributed by atoms with E-state index in [4.69, 9.17) is 0 Å². The van der Waals surface area contributed by atoms with E-state index in [-0.39, 0.29) is 0 Å². The Morgan fingerprint density at radius 3 is 1.60 bits per heavy atom. The fraction of sp³-hybridized carbons (Fsp3) is 0.0612. The summed E-state index contributed by atoms with van der Waals surface area (Å²) < 4.78 is 4.82. The zero-order chi connectivity index (χ0) is 35.6. The van der Waals surface area contributed by atoms with Crippen molar-refractivity contribution in [3.63, 3.8) is 0 Å². The first kappa shape index (κ1) is 31.0. The van der Waals surface area contributed by atoms with Crippen molar-refractivity contribution >= 4 is 77.6 Å². The van der Waals surface area contributed by atoms with Gasteiger partial charge in [-0.3, -0.25) is 0 Å². The van der Waals surface area contributed by atoms with Crippen LogP contribution in [0.5, 0.6) is 0 Å². The van der Waals surface area contributed by atoms with Crippen LogP contribution in [0.3, 0.4) is 0 Å². The van der Waals surface area contributed by atoms with E-state index in [1.54, 1.807) is 0 Å². The number of aromatic nitrogens is 2. The Labute approximate surface area is 309 Å². The summed E-state index contributed by atoms with van der Waals surface area (Å²) >= 11 is 0. The molecular weight excluding hydrogens is 645 g/mol. The summed E-state index contributed by atoms with van der Waals surface area (Å²) in [7, 11) is 0. The van der Waals surface area contributed by atoms with Gasteiger partial charge in [0.15, 0.2) is 0 Å². The molecule has 11 rings (SSSR count). The van der Waals surface area contributed by atoms with Gasteiger partial charge < -0.3 is 18.9 Å². The van der Waals surface area contributed by atoms with E-state index in [1.807, 2.05) is 13.8 Å². The second kappa shape index (κ2) is 12.2. The fourth-order valence-corrected chi connectivity index (χ4v) is 8.53. The van der Waals surface area contributed by atoms with Crippen LogP contribution >= 0.6 is 0 Å². The molecule has 0 saturated heterocycles. The molecule has 0 unspecified atom stereocenters. The Hall–Kier alpha value is -6.78. The summed E-state index contributed by atoms with van der Waals surface area (Å²) in [5.41, 5.74) is 14.2. The minimum atomic E-state index is 1.12. The van der Waals surface area contributed by atoms with E-state index < -0.39 is 0 Å². The Balaban J connectivity index is 0.00000172. The van der Waals surface area contributed by atoms with Crippen LogP contribution < -0.4 is 9.80 Å². The minimum Gasteiger partial charge on any atom is -0.316 e. The zero-order valence-electron chi connectivity index (χ0n) is 30.0. The lowest BCUT2D eigenvalue weighted by Gasteiger charge is -2.40. The predicted octanol–water partition coefficient (Wildman–Crippen LogP) is 13.9. The van der Waals surface area contributed by atoms with Gasteiger partial charge in [-0.25, -0.2) is 0 Å². The van der Waals surface area contributed by atoms with Crippen LogP contribution in [0.4, 0.5) is 34.1 Å². The molecule has 0 fully saturated rings. The van der Waals surface area contributed by atoms with Crippen molar-refractivity contribution in [1.82, 2.24) is 9.13 Å². The summed E-state index contributed by atoms with van der Waals surface area (Å²) in [5.74, 6) is 0. The maximum atomic E-state index is 2.45. The lowest BCUT2D eigenvalue weighted by molar-refractivity contribution is 1.11. The number of anilines is 6. The number of nitrogens with zero attached hydrogens (tertiary/aromatic N) is 4. The van der Waals surface area contributed by atoms with Gasteiger partial charge in [-0.1, -0.05) is 98.8 Å². The van der Waals surface area contributed by atoms with E-state index in [0.29, 0.717) is 0 Å². The van der Waals surface area contributed by atoms with Gasteiger partial charge in [0.1, 0.15) is 0 Å². The first-order valence-electron chi connectivity index (χ1n) is 18.5. The van der Waals surface area contributed by atoms with Gasteiger partial charge >= 0.3 is 0 Å². The number of hydrogen-bond donors (Lipinski definition) is 0. The van der Waals surface area contributed by atoms with Gasteiger partial charge in [-0.2, -0.15) is 0 Å². The van der Waals surface area contributed by atoms with Crippen molar-refractivity contribution in [3.05, 3.63) is 182 Å². The van der Waals surface area contributed by atoms with E-state index in [1.165, 1.54) is 54.7 Å². The van der Waals surface area contributed by atoms with E-state index in [0.717, 1.165) is 39.8 Å². The van der Waals surface area contributed by atoms with Crippen molar-refractivity contribution in [2.75, 3.05) is 9.80 Å². The van der Waals surface area contributed by atoms with Crippen molar-refractivity contribution in [3.8, 4) is 11.4 Å². The highest BCUT2D eigenvalue weighted by Crippen LogP contribution is 2.54. The third-order valence-corrected chi connectivity index (χ3v) is 10.7. The average Bonchev–Trinajstić information content (AvgIpc) is 3.80. The molecule has 0 amide bonds. The number of benzene rings is 8. The van der Waals surface area contributed by atoms with Gasteiger partial charge in [0, 0.05) is 50.5 Å². The molecule has 0 spiro atoms. The molecule has 0 N–H and O–H groups in total. The molecule has 1 aliphatic heterocycles. The van der Waals surface area contributed by atoms with Gasteiger partial charge in [0.2, 0.25) is 0 Å². The summed E-state index contributed by atoms with van der Waals surface area (Å²) in [6.07, 6.45) is 2.22. The third-order valence-electron chi connectivity index (χ3n) is 10.7. The van der Waals surface area contributed by atoms with E-state index in [9.17, 15) is 0 Å². The number of para-hydroxylation sites is 6. The van der Waals surface area contributed by atoms with Crippen LogP contribution in [0.15, 0.2) is 176 Å². The lowest BCUT2D eigenvalue weighted by Crippen LogP contribution is -2.23. The monoisotopic (exact) mass is 682 g/mol. The largest absolute Gasteiger partial charge is 0.316 e. The van der Waals surface area contributed by atoms with Crippen molar-refractivity contribution < 1.29 is 0 Å². The van der Waals surface area contributed by atoms with Crippen LogP contribution in [0.25, 0.3) is 54.9 Å². The number of fused-ring (bicyclic) bond motifs is 4. The van der Waals surface area contributed by atoms with Gasteiger partial charge in [-0.15, -0.1) is 0 Å². The lowest BCUT2D eigenvalue weighted by atomic mass is 10.00. The Morgan fingerprint density at radius 1 is 0.396 bits per heavy atom. The van der Waals surface area contributed by atoms with E-state index >= 15 is 0 Å². The predicted molar refractivity (Wildman–Crippen MR) is 225 cm³/mol. The zero-order valence-corrected chi connectivity index (χ0v) is 30.0. The molecule has 4 nitrogen and oxygen atoms in total. The molecule has 8 aromatic carbocycles. The molecule has 254 valence electrons. The summed E-state index contributed by atoms with van der Waals surface area (Å²) in [5, 5.41) is 6.40. The summed E-state index contributed by atoms with van der Waals surface area (Å²) in [4.78, 5) is 4.76. The third kappa shape index (κ3) is 4.55. The Bertz CT molecular complexity index is 2880. The van der Waals surface area contributed by atoms with Crippen molar-refractivity contribution in [2.24, 2.45) is 0 Å². The highest BCUT2D eigenvalue weighted by Gasteiger charge is 2.30. The molecule has 53 heavy (non-hydrogen) atoms. The minimum absolute atomic E-state index is 1.12. The molecule has 4 heteroatoms. The van der Waals surface area contributed by atoms with Crippen LogP contribution in [0, 0.1) is 6.92 Å². The normalized spacial score (nSPS) is 12.4. The topological polar surface area (TPSA) is 16.3 Å². The molecule has 3 heterocycles. The SMILES string of the molecule is CC.Cc1ccccc1-n1ccc2cc3c4c(ccc5cccc(c54)n3-c3ccc(N4c5ccccc5N(c5ccccc5)c5ccccc54)cc3)c21. The molecule has 0 saturated carbocycles. The quantitative estimate of drug-likeness (QED) is 0.172. The maximum Gasteiger partial charge on any atom is 0.0703 e. The molecular formula is C49H38N4. The van der Waals surface area contributed by atoms with Crippen LogP contribution in [0.2, 0.25) is 0 Å². The summed E-state index contributed by atoms with van der Waals surface area (Å²) in [6, 6.07) is 61.7. The maximum absolute atomic E-state index is 2.45. The molecule has 0 atom stereocenters. The molecule has 2 aromatic heterocycles. The van der Waals surface area contributed by atoms with Crippen LogP contribution in [0.1, 0.15) is 19.4 Å².